The van der Waals surface area contributed by atoms with Crippen LogP contribution in [0, 0.1) is 18.8 Å². The Morgan fingerprint density at radius 2 is 2.19 bits per heavy atom. The first kappa shape index (κ1) is 15.3. The summed E-state index contributed by atoms with van der Waals surface area (Å²) in [5.41, 5.74) is 3.05. The summed E-state index contributed by atoms with van der Waals surface area (Å²) >= 11 is 1.55. The highest BCUT2D eigenvalue weighted by Gasteiger charge is 2.06. The number of aliphatic hydroxyl groups is 1. The van der Waals surface area contributed by atoms with Gasteiger partial charge < -0.3 is 10.4 Å². The Bertz CT molecular complexity index is 679. The molecule has 3 nitrogen and oxygen atoms in total. The molecule has 0 atom stereocenters. The Labute approximate surface area is 128 Å². The summed E-state index contributed by atoms with van der Waals surface area (Å²) in [7, 11) is 0. The topological polar surface area (TPSA) is 49.3 Å². The first-order chi connectivity index (χ1) is 10.2. The lowest BCUT2D eigenvalue weighted by molar-refractivity contribution is -0.120. The number of hydrogen-bond acceptors (Lipinski definition) is 3. The minimum Gasteiger partial charge on any atom is -0.384 e. The zero-order chi connectivity index (χ0) is 15.1. The van der Waals surface area contributed by atoms with Gasteiger partial charge in [0.2, 0.25) is 5.91 Å². The molecule has 2 rings (SSSR count). The van der Waals surface area contributed by atoms with Crippen LogP contribution in [-0.2, 0) is 17.8 Å². The molecule has 0 aliphatic rings. The second-order valence-electron chi connectivity index (χ2n) is 4.64. The number of aliphatic hydroxyl groups excluding tert-OH is 1. The van der Waals surface area contributed by atoms with Gasteiger partial charge >= 0.3 is 0 Å². The maximum absolute atomic E-state index is 11.9. The van der Waals surface area contributed by atoms with Gasteiger partial charge in [0.15, 0.2) is 0 Å². The van der Waals surface area contributed by atoms with Crippen molar-refractivity contribution < 1.29 is 9.90 Å². The molecule has 0 fully saturated rings. The minimum absolute atomic E-state index is 0.0145. The number of aryl methyl sites for hydroxylation is 1. The molecule has 4 heteroatoms. The molecule has 2 N–H and O–H groups in total. The van der Waals surface area contributed by atoms with E-state index in [-0.39, 0.29) is 12.5 Å². The molecule has 0 unspecified atom stereocenters. The molecule has 0 spiro atoms. The molecule has 0 radical (unpaired) electrons. The maximum atomic E-state index is 11.9. The highest BCUT2D eigenvalue weighted by molar-refractivity contribution is 7.10. The average Bonchev–Trinajstić information content (AvgIpc) is 2.93. The largest absolute Gasteiger partial charge is 0.384 e. The Morgan fingerprint density at radius 1 is 1.38 bits per heavy atom. The van der Waals surface area contributed by atoms with Crippen LogP contribution >= 0.6 is 11.3 Å². The molecule has 0 bridgehead atoms. The van der Waals surface area contributed by atoms with E-state index in [1.54, 1.807) is 11.3 Å². The SMILES string of the molecule is Cc1ccccc1CC(=O)NCc1cc(C#CCO)cs1. The number of amides is 1. The summed E-state index contributed by atoms with van der Waals surface area (Å²) in [4.78, 5) is 13.0. The monoisotopic (exact) mass is 299 g/mol. The molecule has 1 heterocycles. The Hall–Kier alpha value is -2.09. The quantitative estimate of drug-likeness (QED) is 0.851. The number of benzene rings is 1. The molecule has 0 aliphatic carbocycles. The Kier molecular flexibility index (Phi) is 5.56. The van der Waals surface area contributed by atoms with E-state index in [1.165, 1.54) is 0 Å². The van der Waals surface area contributed by atoms with E-state index in [9.17, 15) is 4.79 Å². The average molecular weight is 299 g/mol. The highest BCUT2D eigenvalue weighted by Crippen LogP contribution is 2.14. The van der Waals surface area contributed by atoms with Crippen LogP contribution in [0.2, 0.25) is 0 Å². The van der Waals surface area contributed by atoms with Crippen molar-refractivity contribution in [3.63, 3.8) is 0 Å². The van der Waals surface area contributed by atoms with Gasteiger partial charge in [0.25, 0.3) is 0 Å². The van der Waals surface area contributed by atoms with E-state index in [0.717, 1.165) is 21.6 Å². The van der Waals surface area contributed by atoms with Crippen molar-refractivity contribution in [3.05, 3.63) is 57.3 Å². The number of carbonyl (C=O) groups is 1. The number of carbonyl (C=O) groups excluding carboxylic acids is 1. The van der Waals surface area contributed by atoms with E-state index in [2.05, 4.69) is 17.2 Å². The smallest absolute Gasteiger partial charge is 0.224 e. The fraction of sp³-hybridized carbons (Fsp3) is 0.235. The second-order valence-corrected chi connectivity index (χ2v) is 5.64. The number of hydrogen-bond donors (Lipinski definition) is 2. The third-order valence-electron chi connectivity index (χ3n) is 3.04. The van der Waals surface area contributed by atoms with E-state index < -0.39 is 0 Å². The van der Waals surface area contributed by atoms with Crippen molar-refractivity contribution in [3.8, 4) is 11.8 Å². The predicted octanol–water partition coefficient (Wildman–Crippen LogP) is 2.26. The fourth-order valence-electron chi connectivity index (χ4n) is 1.91. The van der Waals surface area contributed by atoms with Crippen LogP contribution in [0.3, 0.4) is 0 Å². The van der Waals surface area contributed by atoms with Crippen molar-refractivity contribution >= 4 is 17.2 Å². The third-order valence-corrected chi connectivity index (χ3v) is 3.97. The zero-order valence-electron chi connectivity index (χ0n) is 11.8. The molecule has 108 valence electrons. The highest BCUT2D eigenvalue weighted by atomic mass is 32.1. The van der Waals surface area contributed by atoms with E-state index >= 15 is 0 Å². The molecule has 0 saturated carbocycles. The number of rotatable bonds is 4. The first-order valence-electron chi connectivity index (χ1n) is 6.67. The minimum atomic E-state index is -0.141. The lowest BCUT2D eigenvalue weighted by Crippen LogP contribution is -2.24. The van der Waals surface area contributed by atoms with E-state index in [0.29, 0.717) is 13.0 Å². The second kappa shape index (κ2) is 7.63. The predicted molar refractivity (Wildman–Crippen MR) is 85.0 cm³/mol. The van der Waals surface area contributed by atoms with Gasteiger partial charge in [-0.15, -0.1) is 11.3 Å². The van der Waals surface area contributed by atoms with Crippen molar-refractivity contribution in [2.24, 2.45) is 0 Å². The lowest BCUT2D eigenvalue weighted by Gasteiger charge is -2.06. The van der Waals surface area contributed by atoms with Crippen molar-refractivity contribution in [1.82, 2.24) is 5.32 Å². The van der Waals surface area contributed by atoms with Crippen LogP contribution in [0.1, 0.15) is 21.6 Å². The van der Waals surface area contributed by atoms with Gasteiger partial charge in [0.1, 0.15) is 6.61 Å². The van der Waals surface area contributed by atoms with Gasteiger partial charge in [-0.25, -0.2) is 0 Å². The molecular formula is C17H17NO2S. The summed E-state index contributed by atoms with van der Waals surface area (Å²) in [6, 6.07) is 9.83. The summed E-state index contributed by atoms with van der Waals surface area (Å²) in [6.45, 7) is 2.38. The molecule has 0 saturated heterocycles. The zero-order valence-corrected chi connectivity index (χ0v) is 12.7. The van der Waals surface area contributed by atoms with Gasteiger partial charge in [0.05, 0.1) is 13.0 Å². The number of thiophene rings is 1. The van der Waals surface area contributed by atoms with Gasteiger partial charge in [-0.2, -0.15) is 0 Å². The molecular weight excluding hydrogens is 282 g/mol. The van der Waals surface area contributed by atoms with Gasteiger partial charge in [0, 0.05) is 15.8 Å². The standard InChI is InChI=1S/C17H17NO2S/c1-13-5-2-3-7-15(13)10-17(20)18-11-16-9-14(12-21-16)6-4-8-19/h2-3,5,7,9,12,19H,8,10-11H2,1H3,(H,18,20). The van der Waals surface area contributed by atoms with Gasteiger partial charge in [-0.1, -0.05) is 36.1 Å². The fourth-order valence-corrected chi connectivity index (χ4v) is 2.67. The molecule has 1 amide bonds. The van der Waals surface area contributed by atoms with Gasteiger partial charge in [-0.05, 0) is 24.1 Å². The summed E-state index contributed by atoms with van der Waals surface area (Å²) in [5.74, 6) is 5.47. The third kappa shape index (κ3) is 4.75. The summed E-state index contributed by atoms with van der Waals surface area (Å²) in [5, 5.41) is 13.5. The molecule has 1 aromatic heterocycles. The molecule has 21 heavy (non-hydrogen) atoms. The van der Waals surface area contributed by atoms with Crippen LogP contribution in [0.4, 0.5) is 0 Å². The van der Waals surface area contributed by atoms with Crippen LogP contribution in [-0.4, -0.2) is 17.6 Å². The number of nitrogens with one attached hydrogen (secondary N) is 1. The summed E-state index contributed by atoms with van der Waals surface area (Å²) < 4.78 is 0. The molecule has 0 aliphatic heterocycles. The van der Waals surface area contributed by atoms with Crippen LogP contribution < -0.4 is 5.32 Å². The summed E-state index contributed by atoms with van der Waals surface area (Å²) in [6.07, 6.45) is 0.398. The molecule has 1 aromatic carbocycles. The lowest BCUT2D eigenvalue weighted by atomic mass is 10.1. The first-order valence-corrected chi connectivity index (χ1v) is 7.55. The van der Waals surface area contributed by atoms with Gasteiger partial charge in [-0.3, -0.25) is 4.79 Å². The maximum Gasteiger partial charge on any atom is 0.224 e. The van der Waals surface area contributed by atoms with E-state index in [1.807, 2.05) is 42.6 Å². The molecule has 2 aromatic rings. The normalized spacial score (nSPS) is 9.81. The van der Waals surface area contributed by atoms with Crippen molar-refractivity contribution in [1.29, 1.82) is 0 Å². The Morgan fingerprint density at radius 3 is 2.95 bits per heavy atom. The van der Waals surface area contributed by atoms with Crippen molar-refractivity contribution in [2.75, 3.05) is 6.61 Å². The van der Waals surface area contributed by atoms with Crippen LogP contribution in [0.15, 0.2) is 35.7 Å². The van der Waals surface area contributed by atoms with E-state index in [4.69, 9.17) is 5.11 Å². The Balaban J connectivity index is 1.87. The van der Waals surface area contributed by atoms with Crippen molar-refractivity contribution in [2.45, 2.75) is 19.9 Å². The van der Waals surface area contributed by atoms with Crippen LogP contribution in [0.25, 0.3) is 0 Å². The van der Waals surface area contributed by atoms with Crippen LogP contribution in [0.5, 0.6) is 0 Å².